The molecule has 0 radical (unpaired) electrons. The minimum Gasteiger partial charge on any atom is -0.452 e. The summed E-state index contributed by atoms with van der Waals surface area (Å²) in [7, 11) is 0. The molecule has 3 saturated carbocycles. The van der Waals surface area contributed by atoms with Gasteiger partial charge in [0.25, 0.3) is 0 Å². The van der Waals surface area contributed by atoms with Crippen LogP contribution in [0.4, 0.5) is 0 Å². The maximum Gasteiger partial charge on any atom is 0.338 e. The van der Waals surface area contributed by atoms with Gasteiger partial charge in [0.05, 0.1) is 59.3 Å². The zero-order valence-corrected chi connectivity index (χ0v) is 52.2. The fraction of sp³-hybridized carbons (Fsp3) is 0.500. The number of esters is 5. The lowest BCUT2D eigenvalue weighted by Crippen LogP contribution is -2.67. The average molecular weight is 1240 g/mol. The van der Waals surface area contributed by atoms with Gasteiger partial charge < -0.3 is 57.2 Å². The van der Waals surface area contributed by atoms with E-state index in [1.807, 2.05) is 0 Å². The Morgan fingerprint density at radius 2 is 1.01 bits per heavy atom. The highest BCUT2D eigenvalue weighted by atomic mass is 16.8. The Kier molecular flexibility index (Phi) is 18.0. The number of rotatable bonds is 15. The minimum absolute atomic E-state index is 0.114. The summed E-state index contributed by atoms with van der Waals surface area (Å²) in [6.07, 6.45) is -5.25. The Bertz CT molecular complexity index is 3410. The van der Waals surface area contributed by atoms with Crippen LogP contribution in [0.5, 0.6) is 0 Å². The molecule has 8 aliphatic rings. The molecule has 1 spiro atoms. The molecule has 7 fully saturated rings. The first-order chi connectivity index (χ1) is 44.0. The molecule has 1 N–H and O–H groups in total. The van der Waals surface area contributed by atoms with E-state index in [-0.39, 0.29) is 44.8 Å². The lowest BCUT2D eigenvalue weighted by molar-refractivity contribution is -0.367. The van der Waals surface area contributed by atoms with Crippen LogP contribution in [0, 0.1) is 46.3 Å². The van der Waals surface area contributed by atoms with Crippen molar-refractivity contribution in [3.05, 3.63) is 191 Å². The van der Waals surface area contributed by atoms with Crippen molar-refractivity contribution in [2.24, 2.45) is 46.3 Å². The van der Waals surface area contributed by atoms with Crippen molar-refractivity contribution >= 4 is 29.8 Å². The first-order valence-electron chi connectivity index (χ1n) is 32.6. The number of hydrogen-bond acceptors (Lipinski definition) is 17. The first-order valence-corrected chi connectivity index (χ1v) is 32.6. The zero-order valence-electron chi connectivity index (χ0n) is 52.2. The zero-order chi connectivity index (χ0) is 63.2. The molecule has 17 heteroatoms. The summed E-state index contributed by atoms with van der Waals surface area (Å²) in [4.78, 5) is 72.2. The molecule has 21 atom stereocenters. The molecule has 0 aromatic heterocycles. The van der Waals surface area contributed by atoms with Gasteiger partial charge in [-0.05, 0) is 159 Å². The predicted octanol–water partition coefficient (Wildman–Crippen LogP) is 11.7. The van der Waals surface area contributed by atoms with E-state index in [1.165, 1.54) is 5.57 Å². The molecule has 91 heavy (non-hydrogen) atoms. The highest BCUT2D eigenvalue weighted by molar-refractivity contribution is 5.92. The Hall–Kier alpha value is -7.09. The van der Waals surface area contributed by atoms with Gasteiger partial charge in [-0.25, -0.2) is 24.0 Å². The molecule has 4 aliphatic heterocycles. The van der Waals surface area contributed by atoms with Crippen molar-refractivity contribution in [2.75, 3.05) is 13.2 Å². The third kappa shape index (κ3) is 12.2. The van der Waals surface area contributed by atoms with Crippen molar-refractivity contribution in [2.45, 2.75) is 172 Å². The van der Waals surface area contributed by atoms with Gasteiger partial charge in [-0.1, -0.05) is 130 Å². The van der Waals surface area contributed by atoms with Crippen molar-refractivity contribution in [3.63, 3.8) is 0 Å². The Labute approximate surface area is 531 Å². The number of fused-ring (bicyclic) bond motifs is 7. The first kappa shape index (κ1) is 62.7. The average Bonchev–Trinajstić information content (AvgIpc) is 1.57. The quantitative estimate of drug-likeness (QED) is 0.0587. The van der Waals surface area contributed by atoms with E-state index in [4.69, 9.17) is 52.1 Å². The summed E-state index contributed by atoms with van der Waals surface area (Å²) < 4.78 is 73.6. The molecule has 5 unspecified atom stereocenters. The predicted molar refractivity (Wildman–Crippen MR) is 330 cm³/mol. The second-order valence-electron chi connectivity index (χ2n) is 27.0. The largest absolute Gasteiger partial charge is 0.452 e. The van der Waals surface area contributed by atoms with E-state index >= 15 is 0 Å². The minimum atomic E-state index is -1.77. The normalized spacial score (nSPS) is 37.3. The van der Waals surface area contributed by atoms with Gasteiger partial charge in [-0.3, -0.25) is 0 Å². The monoisotopic (exact) mass is 1240 g/mol. The summed E-state index contributed by atoms with van der Waals surface area (Å²) in [5, 5.41) is 11.4. The number of allylic oxidation sites excluding steroid dienone is 1. The Morgan fingerprint density at radius 1 is 0.527 bits per heavy atom. The Balaban J connectivity index is 0.852. The molecular weight excluding hydrogens is 1160 g/mol. The number of aliphatic hydroxyl groups is 1. The highest BCUT2D eigenvalue weighted by Crippen LogP contribution is 2.71. The molecule has 0 bridgehead atoms. The van der Waals surface area contributed by atoms with Crippen LogP contribution in [0.25, 0.3) is 0 Å². The van der Waals surface area contributed by atoms with E-state index < -0.39 is 110 Å². The van der Waals surface area contributed by atoms with Gasteiger partial charge in [0.1, 0.15) is 6.10 Å². The van der Waals surface area contributed by atoms with Gasteiger partial charge in [0, 0.05) is 12.3 Å². The number of carbonyl (C=O) groups is 5. The number of carbonyl (C=O) groups excluding carboxylic acids is 5. The number of ether oxygens (including phenoxy) is 11. The summed E-state index contributed by atoms with van der Waals surface area (Å²) in [6, 6.07) is 40.9. The van der Waals surface area contributed by atoms with Gasteiger partial charge in [0.15, 0.2) is 55.0 Å². The second kappa shape index (κ2) is 26.1. The van der Waals surface area contributed by atoms with E-state index in [0.717, 1.165) is 51.6 Å². The van der Waals surface area contributed by atoms with Crippen LogP contribution in [0.15, 0.2) is 163 Å². The Morgan fingerprint density at radius 3 is 1.52 bits per heavy atom. The molecule has 4 heterocycles. The number of aliphatic hydroxyl groups excluding tert-OH is 1. The maximum absolute atomic E-state index is 14.7. The number of benzene rings is 5. The van der Waals surface area contributed by atoms with Crippen molar-refractivity contribution in [1.29, 1.82) is 0 Å². The fourth-order valence-corrected chi connectivity index (χ4v) is 17.0. The third-order valence-electron chi connectivity index (χ3n) is 21.7. The summed E-state index contributed by atoms with van der Waals surface area (Å²) in [5.74, 6) is -1.97. The van der Waals surface area contributed by atoms with Gasteiger partial charge in [0.2, 0.25) is 0 Å². The van der Waals surface area contributed by atoms with Crippen LogP contribution >= 0.6 is 0 Å². The molecule has 480 valence electrons. The maximum atomic E-state index is 14.7. The molecule has 17 nitrogen and oxygen atoms in total. The van der Waals surface area contributed by atoms with Crippen LogP contribution in [-0.4, -0.2) is 128 Å². The summed E-state index contributed by atoms with van der Waals surface area (Å²) >= 11 is 0. The van der Waals surface area contributed by atoms with Gasteiger partial charge in [-0.15, -0.1) is 0 Å². The van der Waals surface area contributed by atoms with E-state index in [2.05, 4.69) is 33.8 Å². The molecular formula is C74H82O17. The van der Waals surface area contributed by atoms with Crippen molar-refractivity contribution in [3.8, 4) is 0 Å². The summed E-state index contributed by atoms with van der Waals surface area (Å²) in [6.45, 7) is 11.2. The molecule has 5 aromatic carbocycles. The van der Waals surface area contributed by atoms with Crippen molar-refractivity contribution < 1.29 is 81.2 Å². The topological polar surface area (TPSA) is 207 Å². The van der Waals surface area contributed by atoms with Crippen LogP contribution in [0.3, 0.4) is 0 Å². The standard InChI is InChI=1S/C74H82O17/c1-43-33-38-74(81-42-43)44(2)58-56(91-74)40-55-53-32-31-51-39-52(34-36-72(51,4)54(53)35-37-73(55,58)5)83-71-64(62(88-68(79)49-27-17-9-18-28-49)60(57(41-75)84-71)86-66(77)47-23-13-7-14-24-47)90-70-63(89-69(80)50-29-19-10-20-30-50)61(87-67(78)48-25-15-8-16-26-48)59(45(3)82-70)85-65(76)46-21-11-6-12-22-46/h6-31,43-45,52-64,70-71,75H,32-42H2,1-5H3/t43-,44+,45?,52+,53-,54+,55+,56+,57?,58+,59+,60-,61?,62?,63+,64?,70+,71-,72+,73+,74-/m1/s1. The van der Waals surface area contributed by atoms with E-state index in [0.29, 0.717) is 48.3 Å². The second-order valence-corrected chi connectivity index (χ2v) is 27.0. The molecule has 4 saturated heterocycles. The highest BCUT2D eigenvalue weighted by Gasteiger charge is 2.69. The van der Waals surface area contributed by atoms with Crippen LogP contribution < -0.4 is 0 Å². The smallest absolute Gasteiger partial charge is 0.338 e. The molecule has 5 aromatic rings. The van der Waals surface area contributed by atoms with Crippen LogP contribution in [0.2, 0.25) is 0 Å². The molecule has 13 rings (SSSR count). The molecule has 4 aliphatic carbocycles. The van der Waals surface area contributed by atoms with Crippen LogP contribution in [0.1, 0.15) is 144 Å². The van der Waals surface area contributed by atoms with E-state index in [1.54, 1.807) is 159 Å². The SMILES string of the molecule is CC1O[C@@H](OC2C(OC(=O)c3ccccc3)[C@H](OC(=O)c3ccccc3)C(CO)O[C@H]2O[C@H]2CC[C@@]3(C)C(=CC[C@H]4[C@@H]5C[C@@H]6O[C@]7(CC[C@@H](C)CO7)[C@@H](C)[C@@H]6[C@@]5(C)CC[C@@H]43)C2)[C@@H](OC(=O)c2ccccc2)C(OC(=O)c2ccccc2)[C@H]1OC(=O)c1ccccc1. The molecule has 0 amide bonds. The van der Waals surface area contributed by atoms with Crippen LogP contribution in [-0.2, 0) is 52.1 Å². The van der Waals surface area contributed by atoms with E-state index in [9.17, 15) is 29.1 Å². The fourth-order valence-electron chi connectivity index (χ4n) is 17.0. The third-order valence-corrected chi connectivity index (χ3v) is 21.7. The van der Waals surface area contributed by atoms with Crippen molar-refractivity contribution in [1.82, 2.24) is 0 Å². The summed E-state index contributed by atoms with van der Waals surface area (Å²) in [5.41, 5.74) is 2.03. The lowest BCUT2D eigenvalue weighted by atomic mass is 9.47. The van der Waals surface area contributed by atoms with Gasteiger partial charge >= 0.3 is 29.8 Å². The lowest BCUT2D eigenvalue weighted by Gasteiger charge is -2.58. The van der Waals surface area contributed by atoms with Gasteiger partial charge in [-0.2, -0.15) is 0 Å². The number of hydrogen-bond donors (Lipinski definition) is 1.